The number of hydrogen-bond donors (Lipinski definition) is 1. The van der Waals surface area contributed by atoms with E-state index in [1.165, 1.54) is 6.42 Å². The smallest absolute Gasteiger partial charge is 0.262 e. The van der Waals surface area contributed by atoms with Crippen molar-refractivity contribution in [3.8, 4) is 0 Å². The van der Waals surface area contributed by atoms with Gasteiger partial charge in [0.1, 0.15) is 0 Å². The van der Waals surface area contributed by atoms with Gasteiger partial charge in [0.25, 0.3) is 5.56 Å². The van der Waals surface area contributed by atoms with Crippen molar-refractivity contribution in [3.63, 3.8) is 0 Å². The Hall–Kier alpha value is -1.71. The van der Waals surface area contributed by atoms with Crippen molar-refractivity contribution in [2.24, 2.45) is 7.05 Å². The van der Waals surface area contributed by atoms with Crippen LogP contribution < -0.4 is 11.3 Å². The van der Waals surface area contributed by atoms with Crippen LogP contribution in [0.3, 0.4) is 0 Å². The summed E-state index contributed by atoms with van der Waals surface area (Å²) in [6.07, 6.45) is 7.14. The zero-order chi connectivity index (χ0) is 11.3. The fourth-order valence-corrected chi connectivity index (χ4v) is 2.40. The molecule has 0 saturated heterocycles. The van der Waals surface area contributed by atoms with Gasteiger partial charge in [-0.25, -0.2) is 0 Å². The molecule has 2 aromatic rings. The molecule has 2 aromatic heterocycles. The second-order valence-electron chi connectivity index (χ2n) is 4.57. The second kappa shape index (κ2) is 3.14. The normalized spacial score (nSPS) is 16.6. The first-order valence-electron chi connectivity index (χ1n) is 5.64. The van der Waals surface area contributed by atoms with Gasteiger partial charge in [0.05, 0.1) is 16.6 Å². The van der Waals surface area contributed by atoms with Crippen LogP contribution in [0.5, 0.6) is 0 Å². The summed E-state index contributed by atoms with van der Waals surface area (Å²) in [5, 5.41) is 0.664. The summed E-state index contributed by atoms with van der Waals surface area (Å²) in [6, 6.07) is 2.36. The van der Waals surface area contributed by atoms with Gasteiger partial charge in [-0.3, -0.25) is 4.79 Å². The van der Waals surface area contributed by atoms with Crippen molar-refractivity contribution in [3.05, 3.63) is 28.8 Å². The lowest BCUT2D eigenvalue weighted by Gasteiger charge is -2.27. The molecule has 4 heteroatoms. The summed E-state index contributed by atoms with van der Waals surface area (Å²) >= 11 is 0. The van der Waals surface area contributed by atoms with Gasteiger partial charge in [0.15, 0.2) is 0 Å². The Bertz CT molecular complexity index is 604. The van der Waals surface area contributed by atoms with Gasteiger partial charge in [0, 0.05) is 25.5 Å². The zero-order valence-corrected chi connectivity index (χ0v) is 9.31. The molecule has 0 aromatic carbocycles. The van der Waals surface area contributed by atoms with Gasteiger partial charge < -0.3 is 14.9 Å². The second-order valence-corrected chi connectivity index (χ2v) is 4.57. The van der Waals surface area contributed by atoms with Crippen molar-refractivity contribution in [1.29, 1.82) is 0 Å². The van der Waals surface area contributed by atoms with E-state index >= 15 is 0 Å². The Morgan fingerprint density at radius 3 is 2.81 bits per heavy atom. The van der Waals surface area contributed by atoms with E-state index in [0.29, 0.717) is 17.1 Å². The lowest BCUT2D eigenvalue weighted by molar-refractivity contribution is 0.307. The van der Waals surface area contributed by atoms with Gasteiger partial charge in [-0.2, -0.15) is 0 Å². The molecule has 0 spiro atoms. The van der Waals surface area contributed by atoms with E-state index in [0.717, 1.165) is 18.4 Å². The summed E-state index contributed by atoms with van der Waals surface area (Å²) in [7, 11) is 1.91. The Balaban J connectivity index is 2.30. The molecule has 2 N–H and O–H groups in total. The molecule has 0 bridgehead atoms. The highest BCUT2D eigenvalue weighted by molar-refractivity contribution is 5.90. The monoisotopic (exact) mass is 217 g/mol. The molecule has 0 aliphatic heterocycles. The number of rotatable bonds is 1. The molecule has 1 saturated carbocycles. The number of pyridine rings is 1. The fourth-order valence-electron chi connectivity index (χ4n) is 2.40. The van der Waals surface area contributed by atoms with Gasteiger partial charge in [0.2, 0.25) is 0 Å². The summed E-state index contributed by atoms with van der Waals surface area (Å²) in [6.45, 7) is 0. The molecule has 0 unspecified atom stereocenters. The maximum Gasteiger partial charge on any atom is 0.262 e. The number of aryl methyl sites for hydroxylation is 1. The number of hydrogen-bond acceptors (Lipinski definition) is 2. The zero-order valence-electron chi connectivity index (χ0n) is 9.31. The molecule has 2 heterocycles. The predicted molar refractivity (Wildman–Crippen MR) is 64.5 cm³/mol. The standard InChI is InChI=1S/C12H15N3O/c1-14-7-9(13)11-10(14)5-6-15(12(11)16)8-3-2-4-8/h5-8H,2-4,13H2,1H3. The van der Waals surface area contributed by atoms with E-state index < -0.39 is 0 Å². The molecule has 0 atom stereocenters. The van der Waals surface area contributed by atoms with Crippen molar-refractivity contribution in [2.75, 3.05) is 5.73 Å². The van der Waals surface area contributed by atoms with Gasteiger partial charge in [-0.05, 0) is 25.3 Å². The number of nitrogens with two attached hydrogens (primary N) is 1. The quantitative estimate of drug-likeness (QED) is 0.789. The number of aromatic nitrogens is 2. The summed E-state index contributed by atoms with van der Waals surface area (Å²) < 4.78 is 3.74. The molecular weight excluding hydrogens is 202 g/mol. The first-order valence-corrected chi connectivity index (χ1v) is 5.64. The maximum absolute atomic E-state index is 12.3. The Morgan fingerprint density at radius 1 is 1.44 bits per heavy atom. The minimum Gasteiger partial charge on any atom is -0.397 e. The number of nitrogen functional groups attached to an aromatic ring is 1. The molecule has 0 amide bonds. The lowest BCUT2D eigenvalue weighted by atomic mass is 9.93. The number of anilines is 1. The van der Waals surface area contributed by atoms with E-state index in [1.54, 1.807) is 6.20 Å². The van der Waals surface area contributed by atoms with Crippen LogP contribution in [0.4, 0.5) is 5.69 Å². The molecule has 1 aliphatic rings. The molecule has 0 radical (unpaired) electrons. The molecule has 4 nitrogen and oxygen atoms in total. The minimum atomic E-state index is 0.0558. The maximum atomic E-state index is 12.3. The van der Waals surface area contributed by atoms with Crippen LogP contribution in [-0.4, -0.2) is 9.13 Å². The third-order valence-corrected chi connectivity index (χ3v) is 3.57. The van der Waals surface area contributed by atoms with Crippen LogP contribution >= 0.6 is 0 Å². The molecular formula is C12H15N3O. The first-order chi connectivity index (χ1) is 7.68. The molecule has 84 valence electrons. The number of nitrogens with zero attached hydrogens (tertiary/aromatic N) is 2. The highest BCUT2D eigenvalue weighted by Crippen LogP contribution is 2.31. The van der Waals surface area contributed by atoms with Gasteiger partial charge >= 0.3 is 0 Å². The van der Waals surface area contributed by atoms with Crippen LogP contribution in [0.15, 0.2) is 23.3 Å². The van der Waals surface area contributed by atoms with Crippen LogP contribution in [-0.2, 0) is 7.05 Å². The molecule has 3 rings (SSSR count). The first kappa shape index (κ1) is 9.51. The van der Waals surface area contributed by atoms with E-state index in [-0.39, 0.29) is 5.56 Å². The van der Waals surface area contributed by atoms with Crippen molar-refractivity contribution >= 4 is 16.6 Å². The van der Waals surface area contributed by atoms with E-state index in [9.17, 15) is 4.79 Å². The van der Waals surface area contributed by atoms with E-state index in [1.807, 2.05) is 28.4 Å². The van der Waals surface area contributed by atoms with Crippen LogP contribution in [0.1, 0.15) is 25.3 Å². The van der Waals surface area contributed by atoms with Crippen molar-refractivity contribution in [1.82, 2.24) is 9.13 Å². The van der Waals surface area contributed by atoms with E-state index in [2.05, 4.69) is 0 Å². The fraction of sp³-hybridized carbons (Fsp3) is 0.417. The Kier molecular flexibility index (Phi) is 1.87. The Morgan fingerprint density at radius 2 is 2.19 bits per heavy atom. The third kappa shape index (κ3) is 1.13. The van der Waals surface area contributed by atoms with Crippen LogP contribution in [0, 0.1) is 0 Å². The third-order valence-electron chi connectivity index (χ3n) is 3.57. The molecule has 1 fully saturated rings. The Labute approximate surface area is 93.3 Å². The van der Waals surface area contributed by atoms with Gasteiger partial charge in [-0.1, -0.05) is 0 Å². The predicted octanol–water partition coefficient (Wildman–Crippen LogP) is 1.65. The topological polar surface area (TPSA) is 52.9 Å². The SMILES string of the molecule is Cn1cc(N)c2c(=O)n(C3CCC3)ccc21. The van der Waals surface area contributed by atoms with Crippen LogP contribution in [0.25, 0.3) is 10.9 Å². The van der Waals surface area contributed by atoms with Gasteiger partial charge in [-0.15, -0.1) is 0 Å². The average molecular weight is 217 g/mol. The minimum absolute atomic E-state index is 0.0558. The molecule has 1 aliphatic carbocycles. The largest absolute Gasteiger partial charge is 0.397 e. The summed E-state index contributed by atoms with van der Waals surface area (Å²) in [5.41, 5.74) is 7.42. The average Bonchev–Trinajstić information content (AvgIpc) is 2.44. The summed E-state index contributed by atoms with van der Waals surface area (Å²) in [5.74, 6) is 0. The van der Waals surface area contributed by atoms with Crippen molar-refractivity contribution in [2.45, 2.75) is 25.3 Å². The molecule has 16 heavy (non-hydrogen) atoms. The van der Waals surface area contributed by atoms with Crippen molar-refractivity contribution < 1.29 is 0 Å². The lowest BCUT2D eigenvalue weighted by Crippen LogP contribution is -2.28. The highest BCUT2D eigenvalue weighted by Gasteiger charge is 2.21. The number of fused-ring (bicyclic) bond motifs is 1. The summed E-state index contributed by atoms with van der Waals surface area (Å²) in [4.78, 5) is 12.3. The highest BCUT2D eigenvalue weighted by atomic mass is 16.1. The van der Waals surface area contributed by atoms with E-state index in [4.69, 9.17) is 5.73 Å². The van der Waals surface area contributed by atoms with Crippen LogP contribution in [0.2, 0.25) is 0 Å².